The number of H-pyrrole nitrogens is 1. The smallest absolute Gasteiger partial charge is 0.128 e. The van der Waals surface area contributed by atoms with Gasteiger partial charge in [-0.1, -0.05) is 17.7 Å². The fourth-order valence-electron chi connectivity index (χ4n) is 1.98. The van der Waals surface area contributed by atoms with Gasteiger partial charge in [-0.05, 0) is 36.4 Å². The van der Waals surface area contributed by atoms with E-state index in [-0.39, 0.29) is 5.75 Å². The van der Waals surface area contributed by atoms with Gasteiger partial charge in [0.05, 0.1) is 5.69 Å². The summed E-state index contributed by atoms with van der Waals surface area (Å²) in [6, 6.07) is 14.4. The second-order valence-corrected chi connectivity index (χ2v) is 4.75. The van der Waals surface area contributed by atoms with Crippen molar-refractivity contribution in [3.8, 4) is 11.5 Å². The third-order valence-corrected chi connectivity index (χ3v) is 3.09. The fraction of sp³-hybridized carbons (Fsp3) is 0.0667. The van der Waals surface area contributed by atoms with Crippen LogP contribution in [0, 0.1) is 0 Å². The van der Waals surface area contributed by atoms with E-state index in [0.717, 1.165) is 16.6 Å². The minimum absolute atomic E-state index is 0.195. The van der Waals surface area contributed by atoms with Crippen LogP contribution in [-0.2, 0) is 6.61 Å². The first-order valence-corrected chi connectivity index (χ1v) is 6.27. The van der Waals surface area contributed by atoms with Gasteiger partial charge in [-0.25, -0.2) is 0 Å². The van der Waals surface area contributed by atoms with Crippen molar-refractivity contribution in [1.29, 1.82) is 0 Å². The van der Waals surface area contributed by atoms with Crippen LogP contribution >= 0.6 is 11.6 Å². The molecule has 1 heterocycles. The number of aromatic amines is 1. The Labute approximate surface area is 115 Å². The molecule has 0 fully saturated rings. The number of aromatic nitrogens is 1. The predicted octanol–water partition coefficient (Wildman–Crippen LogP) is 4.11. The number of benzene rings is 2. The van der Waals surface area contributed by atoms with Gasteiger partial charge in [-0.3, -0.25) is 0 Å². The van der Waals surface area contributed by atoms with E-state index in [4.69, 9.17) is 16.3 Å². The highest BCUT2D eigenvalue weighted by Gasteiger charge is 2.03. The summed E-state index contributed by atoms with van der Waals surface area (Å²) in [6.45, 7) is 0.412. The Morgan fingerprint density at radius 3 is 2.84 bits per heavy atom. The summed E-state index contributed by atoms with van der Waals surface area (Å²) < 4.78 is 5.61. The molecule has 1 aromatic heterocycles. The van der Waals surface area contributed by atoms with Crippen LogP contribution in [0.15, 0.2) is 48.5 Å². The average Bonchev–Trinajstić information content (AvgIpc) is 2.78. The number of halogens is 1. The highest BCUT2D eigenvalue weighted by atomic mass is 35.5. The number of hydrogen-bond donors (Lipinski definition) is 2. The third-order valence-electron chi connectivity index (χ3n) is 2.85. The molecule has 0 bridgehead atoms. The van der Waals surface area contributed by atoms with E-state index in [1.807, 2.05) is 24.3 Å². The molecule has 19 heavy (non-hydrogen) atoms. The molecule has 96 valence electrons. The Bertz CT molecular complexity index is 721. The Balaban J connectivity index is 1.78. The third kappa shape index (κ3) is 2.66. The van der Waals surface area contributed by atoms with Crippen LogP contribution in [-0.4, -0.2) is 10.1 Å². The molecule has 0 saturated heterocycles. The number of fused-ring (bicyclic) bond motifs is 1. The summed E-state index contributed by atoms with van der Waals surface area (Å²) in [5, 5.41) is 11.1. The maximum absolute atomic E-state index is 9.35. The minimum Gasteiger partial charge on any atom is -0.508 e. The summed E-state index contributed by atoms with van der Waals surface area (Å²) >= 11 is 5.95. The number of phenols is 1. The molecule has 4 heteroatoms. The van der Waals surface area contributed by atoms with Gasteiger partial charge in [-0.15, -0.1) is 0 Å². The lowest BCUT2D eigenvalue weighted by molar-refractivity contribution is 0.300. The number of rotatable bonds is 3. The molecular formula is C15H12ClNO2. The van der Waals surface area contributed by atoms with Crippen molar-refractivity contribution >= 4 is 22.5 Å². The quantitative estimate of drug-likeness (QED) is 0.754. The first kappa shape index (κ1) is 11.9. The molecule has 2 aromatic carbocycles. The normalized spacial score (nSPS) is 10.8. The van der Waals surface area contributed by atoms with E-state index in [1.54, 1.807) is 24.3 Å². The average molecular weight is 274 g/mol. The van der Waals surface area contributed by atoms with Crippen LogP contribution in [0.3, 0.4) is 0 Å². The lowest BCUT2D eigenvalue weighted by atomic mass is 10.2. The van der Waals surface area contributed by atoms with Gasteiger partial charge >= 0.3 is 0 Å². The van der Waals surface area contributed by atoms with Crippen LogP contribution in [0.4, 0.5) is 0 Å². The molecule has 0 amide bonds. The molecule has 3 nitrogen and oxygen atoms in total. The zero-order valence-electron chi connectivity index (χ0n) is 10.1. The molecule has 0 aliphatic heterocycles. The van der Waals surface area contributed by atoms with Gasteiger partial charge in [0.1, 0.15) is 18.1 Å². The molecule has 0 unspecified atom stereocenters. The van der Waals surface area contributed by atoms with Gasteiger partial charge < -0.3 is 14.8 Å². The van der Waals surface area contributed by atoms with E-state index in [1.165, 1.54) is 0 Å². The van der Waals surface area contributed by atoms with Gasteiger partial charge in [0.2, 0.25) is 0 Å². The Morgan fingerprint density at radius 1 is 1.11 bits per heavy atom. The van der Waals surface area contributed by atoms with Crippen molar-refractivity contribution in [2.24, 2.45) is 0 Å². The first-order valence-electron chi connectivity index (χ1n) is 5.90. The highest BCUT2D eigenvalue weighted by molar-refractivity contribution is 6.31. The number of aromatic hydroxyl groups is 1. The topological polar surface area (TPSA) is 45.2 Å². The van der Waals surface area contributed by atoms with Crippen LogP contribution in [0.25, 0.3) is 10.9 Å². The van der Waals surface area contributed by atoms with Crippen molar-refractivity contribution < 1.29 is 9.84 Å². The summed E-state index contributed by atoms with van der Waals surface area (Å²) in [5.74, 6) is 0.831. The largest absolute Gasteiger partial charge is 0.508 e. The van der Waals surface area contributed by atoms with E-state index >= 15 is 0 Å². The fourth-order valence-corrected chi connectivity index (χ4v) is 2.16. The van der Waals surface area contributed by atoms with Crippen molar-refractivity contribution in [3.05, 3.63) is 59.2 Å². The van der Waals surface area contributed by atoms with Crippen LogP contribution in [0.1, 0.15) is 5.69 Å². The van der Waals surface area contributed by atoms with Gasteiger partial charge in [0.25, 0.3) is 0 Å². The number of phenolic OH excluding ortho intramolecular Hbond substituents is 1. The van der Waals surface area contributed by atoms with E-state index in [0.29, 0.717) is 17.4 Å². The minimum atomic E-state index is 0.195. The number of hydrogen-bond acceptors (Lipinski definition) is 2. The monoisotopic (exact) mass is 273 g/mol. The molecule has 3 aromatic rings. The second-order valence-electron chi connectivity index (χ2n) is 4.31. The number of nitrogens with one attached hydrogen (secondary N) is 1. The molecule has 0 aliphatic rings. The van der Waals surface area contributed by atoms with E-state index < -0.39 is 0 Å². The van der Waals surface area contributed by atoms with Crippen molar-refractivity contribution in [3.63, 3.8) is 0 Å². The first-order chi connectivity index (χ1) is 9.20. The molecule has 0 saturated carbocycles. The van der Waals surface area contributed by atoms with Crippen LogP contribution in [0.5, 0.6) is 11.5 Å². The Morgan fingerprint density at radius 2 is 2.00 bits per heavy atom. The Kier molecular flexibility index (Phi) is 3.05. The number of ether oxygens (including phenoxy) is 1. The zero-order valence-corrected chi connectivity index (χ0v) is 10.8. The molecule has 0 radical (unpaired) electrons. The summed E-state index contributed by atoms with van der Waals surface area (Å²) in [7, 11) is 0. The summed E-state index contributed by atoms with van der Waals surface area (Å²) in [6.07, 6.45) is 0. The summed E-state index contributed by atoms with van der Waals surface area (Å²) in [4.78, 5) is 3.26. The van der Waals surface area contributed by atoms with Crippen molar-refractivity contribution in [2.45, 2.75) is 6.61 Å². The maximum atomic E-state index is 9.35. The molecule has 3 rings (SSSR count). The highest BCUT2D eigenvalue weighted by Crippen LogP contribution is 2.22. The van der Waals surface area contributed by atoms with Gasteiger partial charge in [-0.2, -0.15) is 0 Å². The molecular weight excluding hydrogens is 262 g/mol. The standard InChI is InChI=1S/C15H12ClNO2/c16-11-4-5-15-10(6-11)7-12(17-15)9-19-14-3-1-2-13(18)8-14/h1-8,17-18H,9H2. The maximum Gasteiger partial charge on any atom is 0.128 e. The molecule has 0 spiro atoms. The second kappa shape index (κ2) is 4.86. The van der Waals surface area contributed by atoms with E-state index in [9.17, 15) is 5.11 Å². The lowest BCUT2D eigenvalue weighted by Gasteiger charge is -2.04. The SMILES string of the molecule is Oc1cccc(OCc2cc3cc(Cl)ccc3[nH]2)c1. The van der Waals surface area contributed by atoms with Crippen molar-refractivity contribution in [2.75, 3.05) is 0 Å². The molecule has 0 aliphatic carbocycles. The summed E-state index contributed by atoms with van der Waals surface area (Å²) in [5.41, 5.74) is 1.99. The van der Waals surface area contributed by atoms with Gasteiger partial charge in [0.15, 0.2) is 0 Å². The zero-order chi connectivity index (χ0) is 13.2. The van der Waals surface area contributed by atoms with Gasteiger partial charge in [0, 0.05) is 22.0 Å². The predicted molar refractivity (Wildman–Crippen MR) is 75.7 cm³/mol. The van der Waals surface area contributed by atoms with Crippen LogP contribution in [0.2, 0.25) is 5.02 Å². The van der Waals surface area contributed by atoms with E-state index in [2.05, 4.69) is 4.98 Å². The molecule has 2 N–H and O–H groups in total. The van der Waals surface area contributed by atoms with Crippen LogP contribution < -0.4 is 4.74 Å². The van der Waals surface area contributed by atoms with Crippen molar-refractivity contribution in [1.82, 2.24) is 4.98 Å². The molecule has 0 atom stereocenters. The lowest BCUT2D eigenvalue weighted by Crippen LogP contribution is -1.94. The Hall–Kier alpha value is -2.13.